The van der Waals surface area contributed by atoms with E-state index in [2.05, 4.69) is 19.2 Å². The zero-order chi connectivity index (χ0) is 30.5. The number of hydrogen-bond acceptors (Lipinski definition) is 4. The lowest BCUT2D eigenvalue weighted by molar-refractivity contribution is -0.140. The molecular formula is C32H40ClN3O4S. The third kappa shape index (κ3) is 8.33. The predicted molar refractivity (Wildman–Crippen MR) is 166 cm³/mol. The van der Waals surface area contributed by atoms with Gasteiger partial charge in [0.25, 0.3) is 10.0 Å². The second kappa shape index (κ2) is 13.1. The molecule has 3 aromatic carbocycles. The van der Waals surface area contributed by atoms with Crippen LogP contribution < -0.4 is 9.62 Å². The smallest absolute Gasteiger partial charge is 0.264 e. The summed E-state index contributed by atoms with van der Waals surface area (Å²) in [6, 6.07) is 19.8. The topological polar surface area (TPSA) is 86.8 Å². The van der Waals surface area contributed by atoms with Crippen LogP contribution in [0.1, 0.15) is 64.2 Å². The van der Waals surface area contributed by atoms with E-state index in [1.165, 1.54) is 17.0 Å². The fourth-order valence-corrected chi connectivity index (χ4v) is 5.87. The number of rotatable bonds is 10. The Balaban J connectivity index is 2.06. The van der Waals surface area contributed by atoms with E-state index >= 15 is 0 Å². The summed E-state index contributed by atoms with van der Waals surface area (Å²) < 4.78 is 29.1. The second-order valence-corrected chi connectivity index (χ2v) is 13.9. The van der Waals surface area contributed by atoms with Crippen LogP contribution >= 0.6 is 11.6 Å². The van der Waals surface area contributed by atoms with Crippen molar-refractivity contribution in [3.8, 4) is 0 Å². The summed E-state index contributed by atoms with van der Waals surface area (Å²) in [7, 11) is -4.13. The Bertz CT molecular complexity index is 1460. The summed E-state index contributed by atoms with van der Waals surface area (Å²) in [5.41, 5.74) is 2.43. The largest absolute Gasteiger partial charge is 0.350 e. The van der Waals surface area contributed by atoms with E-state index in [0.29, 0.717) is 16.3 Å². The quantitative estimate of drug-likeness (QED) is 0.297. The third-order valence-electron chi connectivity index (χ3n) is 6.70. The van der Waals surface area contributed by atoms with Crippen molar-refractivity contribution in [2.45, 2.75) is 77.4 Å². The van der Waals surface area contributed by atoms with E-state index in [1.807, 2.05) is 39.8 Å². The molecule has 220 valence electrons. The number of nitrogens with zero attached hydrogens (tertiary/aromatic N) is 2. The van der Waals surface area contributed by atoms with E-state index in [0.717, 1.165) is 15.4 Å². The van der Waals surface area contributed by atoms with Crippen LogP contribution in [0, 0.1) is 6.92 Å². The minimum atomic E-state index is -4.13. The Kier molecular flexibility index (Phi) is 10.3. The number of benzene rings is 3. The van der Waals surface area contributed by atoms with Crippen molar-refractivity contribution >= 4 is 39.1 Å². The molecule has 2 amide bonds. The Morgan fingerprint density at radius 1 is 0.902 bits per heavy atom. The number of sulfonamides is 1. The van der Waals surface area contributed by atoms with Crippen LogP contribution in [0.5, 0.6) is 0 Å². The van der Waals surface area contributed by atoms with E-state index in [-0.39, 0.29) is 23.3 Å². The lowest BCUT2D eigenvalue weighted by atomic mass is 10.0. The summed E-state index contributed by atoms with van der Waals surface area (Å²) in [4.78, 5) is 28.7. The lowest BCUT2D eigenvalue weighted by Gasteiger charge is -2.33. The van der Waals surface area contributed by atoms with Gasteiger partial charge in [-0.1, -0.05) is 73.5 Å². The average molecular weight is 598 g/mol. The molecule has 0 bridgehead atoms. The lowest BCUT2D eigenvalue weighted by Crippen LogP contribution is -2.54. The first-order valence-corrected chi connectivity index (χ1v) is 15.5. The Hall–Kier alpha value is -3.36. The minimum Gasteiger partial charge on any atom is -0.350 e. The highest BCUT2D eigenvalue weighted by molar-refractivity contribution is 7.92. The molecule has 0 aliphatic rings. The molecule has 0 aliphatic heterocycles. The maximum absolute atomic E-state index is 14.1. The first-order chi connectivity index (χ1) is 19.1. The number of hydrogen-bond donors (Lipinski definition) is 1. The fourth-order valence-electron chi connectivity index (χ4n) is 4.26. The summed E-state index contributed by atoms with van der Waals surface area (Å²) in [6.45, 7) is 12.7. The highest BCUT2D eigenvalue weighted by Gasteiger charge is 2.33. The molecule has 0 aromatic heterocycles. The number of anilines is 1. The maximum atomic E-state index is 14.1. The van der Waals surface area contributed by atoms with Crippen molar-refractivity contribution in [1.29, 1.82) is 0 Å². The molecule has 1 N–H and O–H groups in total. The molecular weight excluding hydrogens is 558 g/mol. The van der Waals surface area contributed by atoms with Gasteiger partial charge >= 0.3 is 0 Å². The van der Waals surface area contributed by atoms with Crippen LogP contribution in [0.3, 0.4) is 0 Å². The minimum absolute atomic E-state index is 0.0297. The number of nitrogens with one attached hydrogen (secondary N) is 1. The molecule has 1 atom stereocenters. The number of aryl methyl sites for hydroxylation is 1. The third-order valence-corrected chi connectivity index (χ3v) is 8.86. The van der Waals surface area contributed by atoms with Crippen LogP contribution in [-0.4, -0.2) is 43.3 Å². The van der Waals surface area contributed by atoms with Crippen molar-refractivity contribution < 1.29 is 18.0 Å². The SMILES string of the molecule is Cc1ccc(S(=O)(=O)N(CC(=O)N(Cc2ccccc2Cl)[C@H](C)C(=O)NC(C)(C)C)c2ccc(C(C)C)cc2)cc1. The highest BCUT2D eigenvalue weighted by Crippen LogP contribution is 2.27. The molecule has 9 heteroatoms. The molecule has 0 fully saturated rings. The molecule has 0 heterocycles. The van der Waals surface area contributed by atoms with E-state index in [4.69, 9.17) is 11.6 Å². The van der Waals surface area contributed by atoms with Gasteiger partial charge in [-0.05, 0) is 82.0 Å². The molecule has 0 spiro atoms. The Labute approximate surface area is 249 Å². The molecule has 0 aliphatic carbocycles. The summed E-state index contributed by atoms with van der Waals surface area (Å²) >= 11 is 6.43. The molecule has 0 unspecified atom stereocenters. The van der Waals surface area contributed by atoms with Crippen LogP contribution in [0.2, 0.25) is 5.02 Å². The predicted octanol–water partition coefficient (Wildman–Crippen LogP) is 6.30. The molecule has 41 heavy (non-hydrogen) atoms. The number of carbonyl (C=O) groups excluding carboxylic acids is 2. The first-order valence-electron chi connectivity index (χ1n) is 13.6. The first kappa shape index (κ1) is 32.2. The van der Waals surface area contributed by atoms with Gasteiger partial charge in [0.1, 0.15) is 12.6 Å². The molecule has 7 nitrogen and oxygen atoms in total. The molecule has 3 aromatic rings. The molecule has 0 saturated heterocycles. The summed E-state index contributed by atoms with van der Waals surface area (Å²) in [6.07, 6.45) is 0. The van der Waals surface area contributed by atoms with Gasteiger partial charge in [0, 0.05) is 17.1 Å². The molecule has 0 saturated carbocycles. The molecule has 3 rings (SSSR count). The van der Waals surface area contributed by atoms with E-state index in [1.54, 1.807) is 55.5 Å². The van der Waals surface area contributed by atoms with Crippen molar-refractivity contribution in [1.82, 2.24) is 10.2 Å². The zero-order valence-corrected chi connectivity index (χ0v) is 26.4. The van der Waals surface area contributed by atoms with Crippen LogP contribution in [0.4, 0.5) is 5.69 Å². The van der Waals surface area contributed by atoms with Gasteiger partial charge in [-0.15, -0.1) is 0 Å². The second-order valence-electron chi connectivity index (χ2n) is 11.6. The highest BCUT2D eigenvalue weighted by atomic mass is 35.5. The van der Waals surface area contributed by atoms with Gasteiger partial charge in [0.15, 0.2) is 0 Å². The summed E-state index contributed by atoms with van der Waals surface area (Å²) in [5, 5.41) is 3.37. The number of halogens is 1. The van der Waals surface area contributed by atoms with Gasteiger partial charge < -0.3 is 10.2 Å². The normalized spacial score (nSPS) is 12.6. The van der Waals surface area contributed by atoms with Crippen molar-refractivity contribution in [3.63, 3.8) is 0 Å². The number of amides is 2. The van der Waals surface area contributed by atoms with Gasteiger partial charge in [-0.3, -0.25) is 13.9 Å². The van der Waals surface area contributed by atoms with Gasteiger partial charge in [0.2, 0.25) is 11.8 Å². The van der Waals surface area contributed by atoms with Gasteiger partial charge in [-0.2, -0.15) is 0 Å². The maximum Gasteiger partial charge on any atom is 0.264 e. The van der Waals surface area contributed by atoms with Crippen LogP contribution in [-0.2, 0) is 26.2 Å². The van der Waals surface area contributed by atoms with Crippen molar-refractivity contribution in [2.24, 2.45) is 0 Å². The Morgan fingerprint density at radius 2 is 1.49 bits per heavy atom. The number of carbonyl (C=O) groups is 2. The zero-order valence-electron chi connectivity index (χ0n) is 24.8. The fraction of sp³-hybridized carbons (Fsp3) is 0.375. The standard InChI is InChI=1S/C32H40ClN3O4S/c1-22(2)25-14-16-27(17-15-25)36(41(39,40)28-18-12-23(3)13-19-28)21-30(37)35(20-26-10-8-9-11-29(26)33)24(4)31(38)34-32(5,6)7/h8-19,22,24H,20-21H2,1-7H3,(H,34,38)/t24-/m1/s1. The average Bonchev–Trinajstić information content (AvgIpc) is 2.90. The monoisotopic (exact) mass is 597 g/mol. The van der Waals surface area contributed by atoms with Crippen molar-refractivity contribution in [3.05, 3.63) is 94.5 Å². The van der Waals surface area contributed by atoms with E-state index in [9.17, 15) is 18.0 Å². The van der Waals surface area contributed by atoms with Gasteiger partial charge in [0.05, 0.1) is 10.6 Å². The molecule has 0 radical (unpaired) electrons. The van der Waals surface area contributed by atoms with Crippen molar-refractivity contribution in [2.75, 3.05) is 10.8 Å². The van der Waals surface area contributed by atoms with Crippen LogP contribution in [0.15, 0.2) is 77.7 Å². The Morgan fingerprint density at radius 3 is 2.02 bits per heavy atom. The van der Waals surface area contributed by atoms with Gasteiger partial charge in [-0.25, -0.2) is 8.42 Å². The van der Waals surface area contributed by atoms with E-state index < -0.39 is 34.1 Å². The summed E-state index contributed by atoms with van der Waals surface area (Å²) in [5.74, 6) is -0.640. The van der Waals surface area contributed by atoms with Crippen LogP contribution in [0.25, 0.3) is 0 Å².